The Bertz CT molecular complexity index is 757. The van der Waals surface area contributed by atoms with Crippen molar-refractivity contribution in [3.63, 3.8) is 0 Å². The van der Waals surface area contributed by atoms with E-state index >= 15 is 0 Å². The van der Waals surface area contributed by atoms with E-state index in [-0.39, 0.29) is 5.91 Å². The number of carbonyl (C=O) groups excluding carboxylic acids is 1. The summed E-state index contributed by atoms with van der Waals surface area (Å²) < 4.78 is 5.69. The molecule has 144 valence electrons. The van der Waals surface area contributed by atoms with Crippen molar-refractivity contribution in [3.8, 4) is 5.75 Å². The van der Waals surface area contributed by atoms with Crippen LogP contribution in [0.3, 0.4) is 0 Å². The standard InChI is InChI=1S/C21H28N4O2/c1-16-7-9-19(10-8-16)27-14-13-25-21(23-3)24-12-11-17-5-4-6-18(15-17)20(26)22-2/h4-10,15H,11-14H2,1-3H3,(H,22,26)(H2,23,24,25). The molecule has 0 aliphatic carbocycles. The van der Waals surface area contributed by atoms with Gasteiger partial charge in [-0.2, -0.15) is 0 Å². The van der Waals surface area contributed by atoms with E-state index in [9.17, 15) is 4.79 Å². The summed E-state index contributed by atoms with van der Waals surface area (Å²) in [6, 6.07) is 15.6. The second-order valence-electron chi connectivity index (χ2n) is 6.12. The number of hydrogen-bond donors (Lipinski definition) is 3. The summed E-state index contributed by atoms with van der Waals surface area (Å²) >= 11 is 0. The zero-order valence-electron chi connectivity index (χ0n) is 16.2. The first-order valence-electron chi connectivity index (χ1n) is 9.07. The summed E-state index contributed by atoms with van der Waals surface area (Å²) in [5, 5.41) is 9.13. The van der Waals surface area contributed by atoms with Crippen molar-refractivity contribution in [2.24, 2.45) is 4.99 Å². The molecule has 27 heavy (non-hydrogen) atoms. The highest BCUT2D eigenvalue weighted by molar-refractivity contribution is 5.94. The summed E-state index contributed by atoms with van der Waals surface area (Å²) in [5.41, 5.74) is 2.98. The number of amides is 1. The minimum absolute atomic E-state index is 0.0733. The average Bonchev–Trinajstić information content (AvgIpc) is 2.70. The Morgan fingerprint density at radius 3 is 2.52 bits per heavy atom. The van der Waals surface area contributed by atoms with Gasteiger partial charge in [0.2, 0.25) is 0 Å². The Morgan fingerprint density at radius 2 is 1.81 bits per heavy atom. The van der Waals surface area contributed by atoms with Crippen LogP contribution >= 0.6 is 0 Å². The van der Waals surface area contributed by atoms with Crippen molar-refractivity contribution in [1.82, 2.24) is 16.0 Å². The summed E-state index contributed by atoms with van der Waals surface area (Å²) in [7, 11) is 3.37. The van der Waals surface area contributed by atoms with E-state index in [0.29, 0.717) is 18.7 Å². The van der Waals surface area contributed by atoms with Crippen LogP contribution < -0.4 is 20.7 Å². The molecule has 0 saturated heterocycles. The predicted octanol–water partition coefficient (Wildman–Crippen LogP) is 2.14. The molecule has 0 saturated carbocycles. The third-order valence-corrected chi connectivity index (χ3v) is 4.03. The Labute approximate surface area is 161 Å². The number of aliphatic imine (C=N–C) groups is 1. The normalized spacial score (nSPS) is 11.0. The smallest absolute Gasteiger partial charge is 0.251 e. The first-order valence-corrected chi connectivity index (χ1v) is 9.07. The van der Waals surface area contributed by atoms with Gasteiger partial charge < -0.3 is 20.7 Å². The predicted molar refractivity (Wildman–Crippen MR) is 110 cm³/mol. The molecule has 6 nitrogen and oxygen atoms in total. The third-order valence-electron chi connectivity index (χ3n) is 4.03. The topological polar surface area (TPSA) is 74.8 Å². The SMILES string of the molecule is CN=C(NCCOc1ccc(C)cc1)NCCc1cccc(C(=O)NC)c1. The molecule has 0 aliphatic heterocycles. The number of hydrogen-bond acceptors (Lipinski definition) is 3. The number of guanidine groups is 1. The first kappa shape index (κ1) is 20.3. The molecule has 0 radical (unpaired) electrons. The molecule has 2 aromatic carbocycles. The fourth-order valence-electron chi connectivity index (χ4n) is 2.53. The van der Waals surface area contributed by atoms with Gasteiger partial charge in [-0.25, -0.2) is 0 Å². The molecule has 0 unspecified atom stereocenters. The summed E-state index contributed by atoms with van der Waals surface area (Å²) in [6.07, 6.45) is 0.797. The van der Waals surface area contributed by atoms with Gasteiger partial charge in [-0.1, -0.05) is 29.8 Å². The van der Waals surface area contributed by atoms with Crippen molar-refractivity contribution in [3.05, 3.63) is 65.2 Å². The van der Waals surface area contributed by atoms with Crippen LogP contribution in [0.2, 0.25) is 0 Å². The van der Waals surface area contributed by atoms with Crippen LogP contribution in [0.1, 0.15) is 21.5 Å². The van der Waals surface area contributed by atoms with E-state index in [2.05, 4.69) is 27.9 Å². The zero-order valence-corrected chi connectivity index (χ0v) is 16.2. The van der Waals surface area contributed by atoms with E-state index < -0.39 is 0 Å². The highest BCUT2D eigenvalue weighted by atomic mass is 16.5. The van der Waals surface area contributed by atoms with E-state index in [1.807, 2.05) is 48.5 Å². The molecule has 0 atom stereocenters. The van der Waals surface area contributed by atoms with Gasteiger partial charge in [0.1, 0.15) is 12.4 Å². The average molecular weight is 368 g/mol. The maximum absolute atomic E-state index is 11.7. The van der Waals surface area contributed by atoms with Gasteiger partial charge in [0.05, 0.1) is 6.54 Å². The minimum atomic E-state index is -0.0733. The number of ether oxygens (including phenoxy) is 1. The van der Waals surface area contributed by atoms with Crippen LogP contribution in [-0.2, 0) is 6.42 Å². The number of carbonyl (C=O) groups is 1. The molecular formula is C21H28N4O2. The molecule has 0 aliphatic rings. The van der Waals surface area contributed by atoms with E-state index in [1.165, 1.54) is 5.56 Å². The van der Waals surface area contributed by atoms with Gasteiger partial charge >= 0.3 is 0 Å². The number of nitrogens with zero attached hydrogens (tertiary/aromatic N) is 1. The zero-order chi connectivity index (χ0) is 19.5. The molecule has 3 N–H and O–H groups in total. The second-order valence-corrected chi connectivity index (χ2v) is 6.12. The largest absolute Gasteiger partial charge is 0.492 e. The van der Waals surface area contributed by atoms with E-state index in [4.69, 9.17) is 4.74 Å². The number of rotatable bonds is 8. The lowest BCUT2D eigenvalue weighted by molar-refractivity contribution is 0.0963. The molecule has 0 fully saturated rings. The van der Waals surface area contributed by atoms with Crippen LogP contribution in [0.5, 0.6) is 5.75 Å². The molecule has 2 aromatic rings. The number of benzene rings is 2. The molecule has 0 bridgehead atoms. The van der Waals surface area contributed by atoms with Gasteiger partial charge in [-0.05, 0) is 43.2 Å². The Balaban J connectivity index is 1.69. The highest BCUT2D eigenvalue weighted by Crippen LogP contribution is 2.10. The summed E-state index contributed by atoms with van der Waals surface area (Å²) in [5.74, 6) is 1.52. The lowest BCUT2D eigenvalue weighted by Gasteiger charge is -2.13. The van der Waals surface area contributed by atoms with Crippen LogP contribution in [0.15, 0.2) is 53.5 Å². The Kier molecular flexibility index (Phi) is 8.16. The lowest BCUT2D eigenvalue weighted by Crippen LogP contribution is -2.40. The summed E-state index contributed by atoms with van der Waals surface area (Å²) in [6.45, 7) is 3.98. The number of nitrogens with one attached hydrogen (secondary N) is 3. The van der Waals surface area contributed by atoms with Crippen molar-refractivity contribution >= 4 is 11.9 Å². The quantitative estimate of drug-likeness (QED) is 0.379. The fourth-order valence-corrected chi connectivity index (χ4v) is 2.53. The first-order chi connectivity index (χ1) is 13.1. The van der Waals surface area contributed by atoms with E-state index in [0.717, 1.165) is 30.2 Å². The third kappa shape index (κ3) is 7.01. The molecule has 0 heterocycles. The molecule has 2 rings (SSSR count). The molecule has 1 amide bonds. The Hall–Kier alpha value is -3.02. The van der Waals surface area contributed by atoms with E-state index in [1.54, 1.807) is 14.1 Å². The lowest BCUT2D eigenvalue weighted by atomic mass is 10.1. The Morgan fingerprint density at radius 1 is 1.07 bits per heavy atom. The van der Waals surface area contributed by atoms with Crippen molar-refractivity contribution in [2.75, 3.05) is 33.8 Å². The van der Waals surface area contributed by atoms with Gasteiger partial charge in [-0.15, -0.1) is 0 Å². The molecule has 0 aromatic heterocycles. The maximum atomic E-state index is 11.7. The maximum Gasteiger partial charge on any atom is 0.251 e. The molecule has 0 spiro atoms. The highest BCUT2D eigenvalue weighted by Gasteiger charge is 2.04. The molecular weight excluding hydrogens is 340 g/mol. The van der Waals surface area contributed by atoms with Crippen molar-refractivity contribution in [1.29, 1.82) is 0 Å². The van der Waals surface area contributed by atoms with Gasteiger partial charge in [0.15, 0.2) is 5.96 Å². The van der Waals surface area contributed by atoms with Crippen LogP contribution in [0.4, 0.5) is 0 Å². The van der Waals surface area contributed by atoms with Crippen molar-refractivity contribution < 1.29 is 9.53 Å². The van der Waals surface area contributed by atoms with Gasteiger partial charge in [0.25, 0.3) is 5.91 Å². The van der Waals surface area contributed by atoms with Gasteiger partial charge in [0, 0.05) is 26.2 Å². The second kappa shape index (κ2) is 10.9. The minimum Gasteiger partial charge on any atom is -0.492 e. The van der Waals surface area contributed by atoms with Crippen LogP contribution in [0.25, 0.3) is 0 Å². The molecule has 6 heteroatoms. The number of aryl methyl sites for hydroxylation is 1. The fraction of sp³-hybridized carbons (Fsp3) is 0.333. The monoisotopic (exact) mass is 368 g/mol. The van der Waals surface area contributed by atoms with Crippen molar-refractivity contribution in [2.45, 2.75) is 13.3 Å². The summed E-state index contributed by atoms with van der Waals surface area (Å²) in [4.78, 5) is 15.9. The van der Waals surface area contributed by atoms with Gasteiger partial charge in [-0.3, -0.25) is 9.79 Å². The van der Waals surface area contributed by atoms with Crippen LogP contribution in [0, 0.1) is 6.92 Å². The van der Waals surface area contributed by atoms with Crippen LogP contribution in [-0.4, -0.2) is 45.7 Å².